The van der Waals surface area contributed by atoms with Crippen molar-refractivity contribution in [1.82, 2.24) is 0 Å². The monoisotopic (exact) mass is 462 g/mol. The van der Waals surface area contributed by atoms with E-state index in [2.05, 4.69) is 26.1 Å². The van der Waals surface area contributed by atoms with Gasteiger partial charge in [0.2, 0.25) is 0 Å². The molecule has 1 heterocycles. The minimum atomic E-state index is -0.420. The largest absolute Gasteiger partial charge is 0.484 e. The fraction of sp³-hybridized carbons (Fsp3) is 0.333. The van der Waals surface area contributed by atoms with E-state index in [4.69, 9.17) is 14.2 Å². The highest BCUT2D eigenvalue weighted by molar-refractivity contribution is 9.10. The van der Waals surface area contributed by atoms with E-state index >= 15 is 0 Å². The van der Waals surface area contributed by atoms with Gasteiger partial charge < -0.3 is 24.4 Å². The Morgan fingerprint density at radius 2 is 1.86 bits per heavy atom. The first kappa shape index (κ1) is 21.1. The number of carbonyl (C=O) groups is 2. The first-order valence-electron chi connectivity index (χ1n) is 9.39. The lowest BCUT2D eigenvalue weighted by Crippen LogP contribution is -2.37. The Morgan fingerprint density at radius 1 is 1.14 bits per heavy atom. The van der Waals surface area contributed by atoms with Gasteiger partial charge in [-0.15, -0.1) is 0 Å². The first-order valence-corrected chi connectivity index (χ1v) is 10.2. The van der Waals surface area contributed by atoms with Crippen molar-refractivity contribution >= 4 is 39.2 Å². The van der Waals surface area contributed by atoms with E-state index in [-0.39, 0.29) is 19.1 Å². The lowest BCUT2D eigenvalue weighted by Gasteiger charge is -2.30. The van der Waals surface area contributed by atoms with E-state index in [9.17, 15) is 9.59 Å². The minimum absolute atomic E-state index is 0.137. The maximum absolute atomic E-state index is 12.5. The second-order valence-electron chi connectivity index (χ2n) is 6.34. The van der Waals surface area contributed by atoms with E-state index in [1.54, 1.807) is 31.2 Å². The molecule has 1 fully saturated rings. The number of amides is 1. The molecule has 7 nitrogen and oxygen atoms in total. The Balaban J connectivity index is 1.69. The van der Waals surface area contributed by atoms with Crippen molar-refractivity contribution in [2.24, 2.45) is 0 Å². The Kier molecular flexibility index (Phi) is 7.48. The molecule has 0 aromatic heterocycles. The average molecular weight is 463 g/mol. The van der Waals surface area contributed by atoms with Crippen LogP contribution in [0.2, 0.25) is 0 Å². The lowest BCUT2D eigenvalue weighted by atomic mass is 10.1. The molecule has 0 saturated carbocycles. The summed E-state index contributed by atoms with van der Waals surface area (Å²) in [5.41, 5.74) is 1.70. The molecule has 0 spiro atoms. The Labute approximate surface area is 178 Å². The standard InChI is InChI=1S/C21H23BrN2O5/c1-2-28-21(26)18-13-16(5-8-19(18)24-9-11-27-12-10-24)23-20(25)14-29-17-6-3-15(22)4-7-17/h3-8,13H,2,9-12,14H2,1H3,(H,23,25). The maximum Gasteiger partial charge on any atom is 0.340 e. The van der Waals surface area contributed by atoms with Crippen molar-refractivity contribution in [2.75, 3.05) is 49.7 Å². The molecule has 0 unspecified atom stereocenters. The summed E-state index contributed by atoms with van der Waals surface area (Å²) in [6.45, 7) is 4.50. The summed E-state index contributed by atoms with van der Waals surface area (Å²) in [5.74, 6) is -0.142. The van der Waals surface area contributed by atoms with Gasteiger partial charge in [0, 0.05) is 23.2 Å². The highest BCUT2D eigenvalue weighted by atomic mass is 79.9. The van der Waals surface area contributed by atoms with Crippen LogP contribution < -0.4 is 15.0 Å². The number of morpholine rings is 1. The summed E-state index contributed by atoms with van der Waals surface area (Å²) < 4.78 is 17.0. The fourth-order valence-corrected chi connectivity index (χ4v) is 3.21. The van der Waals surface area contributed by atoms with E-state index in [0.717, 1.165) is 10.2 Å². The number of hydrogen-bond donors (Lipinski definition) is 1. The van der Waals surface area contributed by atoms with Crippen LogP contribution in [0.4, 0.5) is 11.4 Å². The van der Waals surface area contributed by atoms with E-state index < -0.39 is 5.97 Å². The molecule has 3 rings (SSSR count). The van der Waals surface area contributed by atoms with Gasteiger partial charge in [0.25, 0.3) is 5.91 Å². The molecule has 2 aromatic carbocycles. The number of benzene rings is 2. The van der Waals surface area contributed by atoms with E-state index in [0.29, 0.717) is 43.3 Å². The molecule has 1 N–H and O–H groups in total. The van der Waals surface area contributed by atoms with Gasteiger partial charge in [-0.2, -0.15) is 0 Å². The van der Waals surface area contributed by atoms with E-state index in [1.165, 1.54) is 0 Å². The molecule has 0 aliphatic carbocycles. The molecule has 0 radical (unpaired) electrons. The molecule has 1 aliphatic rings. The van der Waals surface area contributed by atoms with Crippen molar-refractivity contribution < 1.29 is 23.8 Å². The summed E-state index contributed by atoms with van der Waals surface area (Å²) in [5, 5.41) is 2.77. The molecular weight excluding hydrogens is 440 g/mol. The molecule has 8 heteroatoms. The maximum atomic E-state index is 12.5. The topological polar surface area (TPSA) is 77.1 Å². The van der Waals surface area contributed by atoms with Gasteiger partial charge in [0.1, 0.15) is 5.75 Å². The lowest BCUT2D eigenvalue weighted by molar-refractivity contribution is -0.118. The van der Waals surface area contributed by atoms with Crippen molar-refractivity contribution in [2.45, 2.75) is 6.92 Å². The van der Waals surface area contributed by atoms with Crippen molar-refractivity contribution in [1.29, 1.82) is 0 Å². The van der Waals surface area contributed by atoms with Crippen LogP contribution >= 0.6 is 15.9 Å². The van der Waals surface area contributed by atoms with Crippen LogP contribution in [-0.2, 0) is 14.3 Å². The van der Waals surface area contributed by atoms with Gasteiger partial charge in [-0.25, -0.2) is 4.79 Å². The first-order chi connectivity index (χ1) is 14.1. The highest BCUT2D eigenvalue weighted by Crippen LogP contribution is 2.26. The summed E-state index contributed by atoms with van der Waals surface area (Å²) in [7, 11) is 0. The van der Waals surface area contributed by atoms with Gasteiger partial charge >= 0.3 is 5.97 Å². The third-order valence-corrected chi connectivity index (χ3v) is 4.84. The Hall–Kier alpha value is -2.58. The average Bonchev–Trinajstić information content (AvgIpc) is 2.74. The third-order valence-electron chi connectivity index (χ3n) is 4.31. The molecule has 29 heavy (non-hydrogen) atoms. The number of hydrogen-bond acceptors (Lipinski definition) is 6. The van der Waals surface area contributed by atoms with Gasteiger partial charge in [0.05, 0.1) is 31.1 Å². The molecule has 154 valence electrons. The predicted molar refractivity (Wildman–Crippen MR) is 114 cm³/mol. The highest BCUT2D eigenvalue weighted by Gasteiger charge is 2.20. The molecule has 2 aromatic rings. The molecule has 0 bridgehead atoms. The van der Waals surface area contributed by atoms with Crippen LogP contribution in [0.15, 0.2) is 46.9 Å². The van der Waals surface area contributed by atoms with Crippen LogP contribution in [-0.4, -0.2) is 51.4 Å². The zero-order valence-electron chi connectivity index (χ0n) is 16.2. The molecule has 0 atom stereocenters. The molecule has 1 aliphatic heterocycles. The van der Waals surface area contributed by atoms with Crippen LogP contribution in [0.5, 0.6) is 5.75 Å². The number of rotatable bonds is 7. The summed E-state index contributed by atoms with van der Waals surface area (Å²) in [6.07, 6.45) is 0. The zero-order chi connectivity index (χ0) is 20.6. The number of ether oxygens (including phenoxy) is 3. The summed E-state index contributed by atoms with van der Waals surface area (Å²) in [6, 6.07) is 12.4. The van der Waals surface area contributed by atoms with Gasteiger partial charge in [-0.1, -0.05) is 15.9 Å². The Bertz CT molecular complexity index is 851. The third kappa shape index (κ3) is 5.95. The summed E-state index contributed by atoms with van der Waals surface area (Å²) in [4.78, 5) is 26.8. The number of nitrogens with one attached hydrogen (secondary N) is 1. The zero-order valence-corrected chi connectivity index (χ0v) is 17.7. The van der Waals surface area contributed by atoms with Gasteiger partial charge in [-0.05, 0) is 49.4 Å². The number of nitrogens with zero attached hydrogens (tertiary/aromatic N) is 1. The van der Waals surface area contributed by atoms with Crippen LogP contribution in [0.1, 0.15) is 17.3 Å². The quantitative estimate of drug-likeness (QED) is 0.634. The van der Waals surface area contributed by atoms with Crippen LogP contribution in [0.25, 0.3) is 0 Å². The smallest absolute Gasteiger partial charge is 0.340 e. The number of halogens is 1. The van der Waals surface area contributed by atoms with Gasteiger partial charge in [-0.3, -0.25) is 4.79 Å². The molecular formula is C21H23BrN2O5. The van der Waals surface area contributed by atoms with Crippen LogP contribution in [0, 0.1) is 0 Å². The van der Waals surface area contributed by atoms with Crippen molar-refractivity contribution in [3.05, 3.63) is 52.5 Å². The van der Waals surface area contributed by atoms with Crippen LogP contribution in [0.3, 0.4) is 0 Å². The Morgan fingerprint density at radius 3 is 2.55 bits per heavy atom. The minimum Gasteiger partial charge on any atom is -0.484 e. The normalized spacial score (nSPS) is 13.7. The predicted octanol–water partition coefficient (Wildman–Crippen LogP) is 3.48. The summed E-state index contributed by atoms with van der Waals surface area (Å²) >= 11 is 3.35. The number of carbonyl (C=O) groups excluding carboxylic acids is 2. The van der Waals surface area contributed by atoms with Crippen molar-refractivity contribution in [3.63, 3.8) is 0 Å². The fourth-order valence-electron chi connectivity index (χ4n) is 2.94. The number of anilines is 2. The number of esters is 1. The van der Waals surface area contributed by atoms with Crippen molar-refractivity contribution in [3.8, 4) is 5.75 Å². The van der Waals surface area contributed by atoms with Gasteiger partial charge in [0.15, 0.2) is 6.61 Å². The van der Waals surface area contributed by atoms with E-state index in [1.807, 2.05) is 18.2 Å². The SMILES string of the molecule is CCOC(=O)c1cc(NC(=O)COc2ccc(Br)cc2)ccc1N1CCOCC1. The second-order valence-corrected chi connectivity index (χ2v) is 7.26. The second kappa shape index (κ2) is 10.3. The molecule has 1 saturated heterocycles. The molecule has 1 amide bonds.